The third-order valence-corrected chi connectivity index (χ3v) is 12.3. The Morgan fingerprint density at radius 2 is 1.21 bits per heavy atom. The molecule has 0 aliphatic rings. The number of fused-ring (bicyclic) bond motifs is 13. The third kappa shape index (κ3) is 4.43. The van der Waals surface area contributed by atoms with Crippen molar-refractivity contribution in [2.24, 2.45) is 0 Å². The van der Waals surface area contributed by atoms with Gasteiger partial charge in [-0.2, -0.15) is 0 Å². The molecule has 0 amide bonds. The highest BCUT2D eigenvalue weighted by molar-refractivity contribution is 7.27. The van der Waals surface area contributed by atoms with Crippen LogP contribution >= 0.6 is 11.3 Å². The summed E-state index contributed by atoms with van der Waals surface area (Å²) >= 11 is 1.93. The average Bonchev–Trinajstić information content (AvgIpc) is 3.88. The van der Waals surface area contributed by atoms with Crippen LogP contribution in [-0.4, -0.2) is 14.1 Å². The molecule has 11 aromatic rings. The van der Waals surface area contributed by atoms with Crippen LogP contribution in [0.15, 0.2) is 158 Å². The Morgan fingerprint density at radius 3 is 2.02 bits per heavy atom. The molecule has 53 heavy (non-hydrogen) atoms. The second kappa shape index (κ2) is 11.1. The van der Waals surface area contributed by atoms with E-state index < -0.39 is 0 Å². The van der Waals surface area contributed by atoms with Crippen molar-refractivity contribution < 1.29 is 0 Å². The lowest BCUT2D eigenvalue weighted by molar-refractivity contribution is 0.591. The van der Waals surface area contributed by atoms with E-state index in [1.807, 2.05) is 11.3 Å². The molecule has 0 spiro atoms. The van der Waals surface area contributed by atoms with Gasteiger partial charge in [0.05, 0.1) is 22.1 Å². The number of thiophene rings is 1. The Hall–Kier alpha value is -6.23. The number of para-hydroxylation sites is 3. The molecule has 0 aliphatic carbocycles. The Bertz CT molecular complexity index is 3240. The lowest BCUT2D eigenvalue weighted by Gasteiger charge is -2.19. The Labute approximate surface area is 311 Å². The fourth-order valence-electron chi connectivity index (χ4n) is 8.53. The topological polar surface area (TPSA) is 22.8 Å². The van der Waals surface area contributed by atoms with E-state index in [-0.39, 0.29) is 5.41 Å². The van der Waals surface area contributed by atoms with Gasteiger partial charge in [-0.1, -0.05) is 112 Å². The van der Waals surface area contributed by atoms with Crippen LogP contribution < -0.4 is 0 Å². The largest absolute Gasteiger partial charge is 0.309 e. The van der Waals surface area contributed by atoms with Crippen molar-refractivity contribution >= 4 is 85.9 Å². The fourth-order valence-corrected chi connectivity index (χ4v) is 9.76. The Kier molecular flexibility index (Phi) is 6.39. The van der Waals surface area contributed by atoms with Crippen LogP contribution in [0.3, 0.4) is 0 Å². The number of benzene rings is 8. The summed E-state index contributed by atoms with van der Waals surface area (Å²) in [5.74, 6) is 0.934. The third-order valence-electron chi connectivity index (χ3n) is 11.0. The number of rotatable bonds is 3. The number of nitrogens with zero attached hydrogens (tertiary/aromatic N) is 3. The van der Waals surface area contributed by atoms with Crippen molar-refractivity contribution in [3.05, 3.63) is 163 Å². The van der Waals surface area contributed by atoms with Crippen LogP contribution in [0.5, 0.6) is 0 Å². The zero-order valence-electron chi connectivity index (χ0n) is 29.8. The molecule has 0 unspecified atom stereocenters. The standard InChI is InChI=1S/C49H35N3S/c1-49(2,3)32-24-28-42-38(29-32)44-45-43-35-16-8-7-13-30(35)23-27-41(43)51(46(45)36-17-9-10-18-37(36)47(44)53-42)34-25-21-31(22-26-34)48-50-39-19-11-12-20-40(39)52(48)33-14-5-4-6-15-33/h4-29H,1-3H3. The van der Waals surface area contributed by atoms with Crippen molar-refractivity contribution in [2.75, 3.05) is 0 Å². The average molecular weight is 698 g/mol. The van der Waals surface area contributed by atoms with Gasteiger partial charge in [0.25, 0.3) is 0 Å². The van der Waals surface area contributed by atoms with E-state index in [0.717, 1.165) is 33.8 Å². The first-order chi connectivity index (χ1) is 25.9. The molecule has 252 valence electrons. The predicted octanol–water partition coefficient (Wildman–Crippen LogP) is 13.8. The molecule has 0 atom stereocenters. The molecule has 0 N–H and O–H groups in total. The molecule has 0 aliphatic heterocycles. The first kappa shape index (κ1) is 30.4. The highest BCUT2D eigenvalue weighted by Crippen LogP contribution is 2.50. The summed E-state index contributed by atoms with van der Waals surface area (Å²) in [5, 5.41) is 10.5. The smallest absolute Gasteiger partial charge is 0.145 e. The van der Waals surface area contributed by atoms with Crippen LogP contribution in [0, 0.1) is 0 Å². The minimum absolute atomic E-state index is 0.0436. The van der Waals surface area contributed by atoms with E-state index in [4.69, 9.17) is 4.98 Å². The van der Waals surface area contributed by atoms with Crippen LogP contribution in [0.1, 0.15) is 26.3 Å². The highest BCUT2D eigenvalue weighted by Gasteiger charge is 2.24. The molecule has 0 fully saturated rings. The molecule has 4 heteroatoms. The van der Waals surface area contributed by atoms with Crippen LogP contribution in [-0.2, 0) is 5.41 Å². The summed E-state index contributed by atoms with van der Waals surface area (Å²) in [6.07, 6.45) is 0. The van der Waals surface area contributed by atoms with Crippen LogP contribution in [0.2, 0.25) is 0 Å². The maximum absolute atomic E-state index is 5.17. The quantitative estimate of drug-likeness (QED) is 0.180. The van der Waals surface area contributed by atoms with Gasteiger partial charge in [-0.15, -0.1) is 11.3 Å². The van der Waals surface area contributed by atoms with E-state index in [1.165, 1.54) is 69.1 Å². The minimum Gasteiger partial charge on any atom is -0.309 e. The molecule has 3 aromatic heterocycles. The molecule has 0 radical (unpaired) electrons. The predicted molar refractivity (Wildman–Crippen MR) is 227 cm³/mol. The van der Waals surface area contributed by atoms with Gasteiger partial charge < -0.3 is 4.57 Å². The summed E-state index contributed by atoms with van der Waals surface area (Å²) in [4.78, 5) is 5.17. The maximum Gasteiger partial charge on any atom is 0.145 e. The van der Waals surface area contributed by atoms with E-state index in [9.17, 15) is 0 Å². The van der Waals surface area contributed by atoms with Crippen molar-refractivity contribution in [2.45, 2.75) is 26.2 Å². The Morgan fingerprint density at radius 1 is 0.509 bits per heavy atom. The number of imidazole rings is 1. The number of hydrogen-bond donors (Lipinski definition) is 0. The lowest BCUT2D eigenvalue weighted by Crippen LogP contribution is -2.10. The zero-order valence-corrected chi connectivity index (χ0v) is 30.6. The molecular formula is C49H35N3S. The number of aromatic nitrogens is 3. The fraction of sp³-hybridized carbons (Fsp3) is 0.0816. The molecule has 0 bridgehead atoms. The SMILES string of the molecule is CC(C)(C)c1ccc2sc3c4ccccc4c4c(c3c2c1)c1c2ccccc2ccc1n4-c1ccc(-c2nc3ccccc3n2-c2ccccc2)cc1. The van der Waals surface area contributed by atoms with Gasteiger partial charge in [0.1, 0.15) is 5.82 Å². The van der Waals surface area contributed by atoms with Crippen molar-refractivity contribution in [3.8, 4) is 22.8 Å². The Balaban J connectivity index is 1.25. The van der Waals surface area contributed by atoms with E-state index in [1.54, 1.807) is 0 Å². The molecular weight excluding hydrogens is 663 g/mol. The summed E-state index contributed by atoms with van der Waals surface area (Å²) in [5.41, 5.74) is 9.26. The molecule has 0 saturated carbocycles. The summed E-state index contributed by atoms with van der Waals surface area (Å²) < 4.78 is 7.48. The van der Waals surface area contributed by atoms with Gasteiger partial charge in [0.15, 0.2) is 0 Å². The monoisotopic (exact) mass is 697 g/mol. The van der Waals surface area contributed by atoms with Crippen molar-refractivity contribution in [1.82, 2.24) is 14.1 Å². The molecule has 0 saturated heterocycles. The highest BCUT2D eigenvalue weighted by atomic mass is 32.1. The molecule has 3 nitrogen and oxygen atoms in total. The molecule has 11 rings (SSSR count). The van der Waals surface area contributed by atoms with E-state index in [0.29, 0.717) is 0 Å². The van der Waals surface area contributed by atoms with Gasteiger partial charge in [0, 0.05) is 58.7 Å². The molecule has 8 aromatic carbocycles. The summed E-state index contributed by atoms with van der Waals surface area (Å²) in [6.45, 7) is 6.93. The summed E-state index contributed by atoms with van der Waals surface area (Å²) in [7, 11) is 0. The van der Waals surface area contributed by atoms with E-state index >= 15 is 0 Å². The second-order valence-corrected chi connectivity index (χ2v) is 16.2. The van der Waals surface area contributed by atoms with Crippen LogP contribution in [0.25, 0.3) is 97.3 Å². The minimum atomic E-state index is 0.0436. The van der Waals surface area contributed by atoms with Gasteiger partial charge in [-0.3, -0.25) is 4.57 Å². The van der Waals surface area contributed by atoms with Gasteiger partial charge in [-0.25, -0.2) is 4.98 Å². The number of hydrogen-bond acceptors (Lipinski definition) is 2. The van der Waals surface area contributed by atoms with Gasteiger partial charge in [-0.05, 0) is 88.5 Å². The first-order valence-electron chi connectivity index (χ1n) is 18.3. The van der Waals surface area contributed by atoms with Crippen molar-refractivity contribution in [1.29, 1.82) is 0 Å². The molecule has 3 heterocycles. The zero-order chi connectivity index (χ0) is 35.4. The first-order valence-corrected chi connectivity index (χ1v) is 19.1. The van der Waals surface area contributed by atoms with Crippen molar-refractivity contribution in [3.63, 3.8) is 0 Å². The van der Waals surface area contributed by atoms with Crippen LogP contribution in [0.4, 0.5) is 0 Å². The maximum atomic E-state index is 5.17. The van der Waals surface area contributed by atoms with E-state index in [2.05, 4.69) is 188 Å². The van der Waals surface area contributed by atoms with Gasteiger partial charge >= 0.3 is 0 Å². The second-order valence-electron chi connectivity index (χ2n) is 15.2. The van der Waals surface area contributed by atoms with Gasteiger partial charge in [0.2, 0.25) is 0 Å². The lowest BCUT2D eigenvalue weighted by atomic mass is 9.86. The summed E-state index contributed by atoms with van der Waals surface area (Å²) in [6, 6.07) is 57.6. The normalized spacial score (nSPS) is 12.4.